The van der Waals surface area contributed by atoms with E-state index in [1.54, 1.807) is 0 Å². The molecule has 1 atom stereocenters. The molecule has 3 nitrogen and oxygen atoms in total. The zero-order valence-electron chi connectivity index (χ0n) is 19.7. The summed E-state index contributed by atoms with van der Waals surface area (Å²) >= 11 is 4.65. The van der Waals surface area contributed by atoms with Gasteiger partial charge in [0.25, 0.3) is 0 Å². The molecule has 4 heteroatoms. The first-order chi connectivity index (χ1) is 13.1. The van der Waals surface area contributed by atoms with Crippen molar-refractivity contribution in [3.05, 3.63) is 28.8 Å². The molecule has 0 aliphatic rings. The van der Waals surface area contributed by atoms with Gasteiger partial charge in [-0.15, -0.1) is 0 Å². The summed E-state index contributed by atoms with van der Waals surface area (Å²) in [5.74, 6) is 0.133. The Hall–Kier alpha value is -1.16. The minimum Gasteiger partial charge on any atom is -0.507 e. The van der Waals surface area contributed by atoms with E-state index in [1.807, 2.05) is 12.1 Å². The Morgan fingerprint density at radius 3 is 1.83 bits per heavy atom. The van der Waals surface area contributed by atoms with Crippen molar-refractivity contribution in [1.29, 1.82) is 0 Å². The standard InChI is InChI=1S/C25H42O3S/c1-17(2)12-10-9-11-13-25(29,22(27)28)16-18-14-19(23(3,4)5)21(26)20(15-18)24(6,7)8/h14-15,17,26,29H,9-13,16H2,1-8H3,(H,27,28). The molecule has 0 radical (unpaired) electrons. The first-order valence-electron chi connectivity index (χ1n) is 10.9. The topological polar surface area (TPSA) is 57.5 Å². The molecule has 2 N–H and O–H groups in total. The predicted octanol–water partition coefficient (Wildman–Crippen LogP) is 6.89. The van der Waals surface area contributed by atoms with Crippen LogP contribution in [-0.4, -0.2) is 20.9 Å². The summed E-state index contributed by atoms with van der Waals surface area (Å²) in [4.78, 5) is 12.1. The van der Waals surface area contributed by atoms with Gasteiger partial charge in [0.15, 0.2) is 0 Å². The molecule has 1 aromatic rings. The summed E-state index contributed by atoms with van der Waals surface area (Å²) in [7, 11) is 0. The van der Waals surface area contributed by atoms with Crippen molar-refractivity contribution in [2.45, 2.75) is 109 Å². The van der Waals surface area contributed by atoms with Gasteiger partial charge in [0.1, 0.15) is 10.5 Å². The number of unbranched alkanes of at least 4 members (excludes halogenated alkanes) is 2. The molecule has 1 aromatic carbocycles. The predicted molar refractivity (Wildman–Crippen MR) is 126 cm³/mol. The van der Waals surface area contributed by atoms with Gasteiger partial charge in [-0.3, -0.25) is 4.79 Å². The molecule has 0 heterocycles. The molecule has 0 aliphatic carbocycles. The first-order valence-corrected chi connectivity index (χ1v) is 11.4. The molecular formula is C25H42O3S. The third-order valence-corrected chi connectivity index (χ3v) is 6.13. The fourth-order valence-corrected chi connectivity index (χ4v) is 4.04. The minimum absolute atomic E-state index is 0.237. The van der Waals surface area contributed by atoms with Gasteiger partial charge in [0.2, 0.25) is 0 Å². The number of aromatic hydroxyl groups is 1. The number of aliphatic carboxylic acids is 1. The SMILES string of the molecule is CC(C)CCCCCC(S)(Cc1cc(C(C)(C)C)c(O)c(C(C)(C)C)c1)C(=O)O. The van der Waals surface area contributed by atoms with Crippen LogP contribution in [0.2, 0.25) is 0 Å². The van der Waals surface area contributed by atoms with Crippen molar-refractivity contribution < 1.29 is 15.0 Å². The van der Waals surface area contributed by atoms with Gasteiger partial charge in [-0.25, -0.2) is 0 Å². The molecule has 1 unspecified atom stereocenters. The van der Waals surface area contributed by atoms with Gasteiger partial charge in [-0.2, -0.15) is 12.6 Å². The van der Waals surface area contributed by atoms with Crippen molar-refractivity contribution in [1.82, 2.24) is 0 Å². The van der Waals surface area contributed by atoms with Gasteiger partial charge >= 0.3 is 5.97 Å². The third kappa shape index (κ3) is 7.55. The molecule has 1 rings (SSSR count). The summed E-state index contributed by atoms with van der Waals surface area (Å²) in [6, 6.07) is 3.94. The van der Waals surface area contributed by atoms with Crippen LogP contribution in [0.5, 0.6) is 5.75 Å². The Balaban J connectivity index is 3.18. The van der Waals surface area contributed by atoms with Crippen molar-refractivity contribution in [2.75, 3.05) is 0 Å². The molecule has 0 spiro atoms. The van der Waals surface area contributed by atoms with E-state index in [-0.39, 0.29) is 10.8 Å². The largest absolute Gasteiger partial charge is 0.507 e. The average molecular weight is 423 g/mol. The molecule has 0 saturated carbocycles. The van der Waals surface area contributed by atoms with E-state index in [2.05, 4.69) is 68.0 Å². The summed E-state index contributed by atoms with van der Waals surface area (Å²) in [5, 5.41) is 20.8. The number of rotatable bonds is 9. The van der Waals surface area contributed by atoms with Gasteiger partial charge < -0.3 is 10.2 Å². The zero-order chi connectivity index (χ0) is 22.6. The first kappa shape index (κ1) is 25.9. The van der Waals surface area contributed by atoms with E-state index in [4.69, 9.17) is 0 Å². The highest BCUT2D eigenvalue weighted by molar-refractivity contribution is 7.82. The number of hydrogen-bond donors (Lipinski definition) is 3. The normalized spacial score (nSPS) is 14.8. The second kappa shape index (κ2) is 9.76. The van der Waals surface area contributed by atoms with Crippen LogP contribution in [0.1, 0.15) is 104 Å². The molecule has 0 saturated heterocycles. The monoisotopic (exact) mass is 422 g/mol. The molecule has 29 heavy (non-hydrogen) atoms. The number of carboxylic acid groups (broad SMARTS) is 1. The van der Waals surface area contributed by atoms with Crippen LogP contribution in [0.25, 0.3) is 0 Å². The second-order valence-corrected chi connectivity index (χ2v) is 11.9. The van der Waals surface area contributed by atoms with Crippen molar-refractivity contribution in [3.63, 3.8) is 0 Å². The van der Waals surface area contributed by atoms with Crippen molar-refractivity contribution in [3.8, 4) is 5.75 Å². The fourth-order valence-electron chi connectivity index (χ4n) is 3.70. The van der Waals surface area contributed by atoms with Gasteiger partial charge in [0, 0.05) is 0 Å². The zero-order valence-corrected chi connectivity index (χ0v) is 20.6. The fraction of sp³-hybridized carbons (Fsp3) is 0.720. The number of carbonyl (C=O) groups is 1. The van der Waals surface area contributed by atoms with E-state index in [0.717, 1.165) is 36.0 Å². The molecule has 0 amide bonds. The Kier molecular flexibility index (Phi) is 8.71. The smallest absolute Gasteiger partial charge is 0.319 e. The highest BCUT2D eigenvalue weighted by Gasteiger charge is 2.35. The van der Waals surface area contributed by atoms with E-state index >= 15 is 0 Å². The van der Waals surface area contributed by atoms with Crippen LogP contribution in [0, 0.1) is 5.92 Å². The van der Waals surface area contributed by atoms with E-state index < -0.39 is 10.7 Å². The highest BCUT2D eigenvalue weighted by atomic mass is 32.1. The second-order valence-electron chi connectivity index (χ2n) is 11.0. The Morgan fingerprint density at radius 1 is 0.966 bits per heavy atom. The maximum absolute atomic E-state index is 12.1. The number of carboxylic acids is 1. The van der Waals surface area contributed by atoms with E-state index in [1.165, 1.54) is 6.42 Å². The number of phenols is 1. The Bertz CT molecular complexity index is 660. The summed E-state index contributed by atoms with van der Waals surface area (Å²) in [6.45, 7) is 16.8. The molecule has 0 aromatic heterocycles. The molecule has 0 fully saturated rings. The molecule has 166 valence electrons. The molecule has 0 aliphatic heterocycles. The lowest BCUT2D eigenvalue weighted by atomic mass is 9.77. The van der Waals surface area contributed by atoms with Gasteiger partial charge in [0.05, 0.1) is 0 Å². The Morgan fingerprint density at radius 2 is 1.45 bits per heavy atom. The van der Waals surface area contributed by atoms with Crippen LogP contribution in [0.3, 0.4) is 0 Å². The van der Waals surface area contributed by atoms with E-state index in [0.29, 0.717) is 24.5 Å². The quantitative estimate of drug-likeness (QED) is 0.300. The lowest BCUT2D eigenvalue weighted by molar-refractivity contribution is -0.140. The maximum Gasteiger partial charge on any atom is 0.319 e. The van der Waals surface area contributed by atoms with Gasteiger partial charge in [-0.1, -0.05) is 93.2 Å². The van der Waals surface area contributed by atoms with Crippen molar-refractivity contribution in [2.24, 2.45) is 5.92 Å². The average Bonchev–Trinajstić information content (AvgIpc) is 2.53. The van der Waals surface area contributed by atoms with Crippen LogP contribution in [0.4, 0.5) is 0 Å². The number of phenolic OH excluding ortho intramolecular Hbond substituents is 1. The molecular weight excluding hydrogens is 380 g/mol. The summed E-state index contributed by atoms with van der Waals surface area (Å²) < 4.78 is -1.10. The lowest BCUT2D eigenvalue weighted by Crippen LogP contribution is -2.35. The van der Waals surface area contributed by atoms with Crippen molar-refractivity contribution >= 4 is 18.6 Å². The summed E-state index contributed by atoms with van der Waals surface area (Å²) in [5.41, 5.74) is 2.17. The highest BCUT2D eigenvalue weighted by Crippen LogP contribution is 2.41. The number of thiol groups is 1. The maximum atomic E-state index is 12.1. The lowest BCUT2D eigenvalue weighted by Gasteiger charge is -2.30. The summed E-state index contributed by atoms with van der Waals surface area (Å²) in [6.07, 6.45) is 5.09. The van der Waals surface area contributed by atoms with E-state index in [9.17, 15) is 15.0 Å². The van der Waals surface area contributed by atoms with Crippen LogP contribution >= 0.6 is 12.6 Å². The third-order valence-electron chi connectivity index (χ3n) is 5.55. The van der Waals surface area contributed by atoms with Crippen LogP contribution in [0.15, 0.2) is 12.1 Å². The van der Waals surface area contributed by atoms with Gasteiger partial charge in [-0.05, 0) is 46.3 Å². The molecule has 0 bridgehead atoms. The van der Waals surface area contributed by atoms with Crippen LogP contribution in [-0.2, 0) is 22.0 Å². The minimum atomic E-state index is -1.10. The van der Waals surface area contributed by atoms with Crippen LogP contribution < -0.4 is 0 Å². The number of hydrogen-bond acceptors (Lipinski definition) is 3. The Labute approximate surface area is 183 Å². The number of benzene rings is 1.